The molecule has 3 saturated heterocycles. The Balaban J connectivity index is 1.58. The van der Waals surface area contributed by atoms with Crippen molar-refractivity contribution in [1.82, 2.24) is 15.5 Å². The van der Waals surface area contributed by atoms with Gasteiger partial charge < -0.3 is 25.4 Å². The first-order valence-corrected chi connectivity index (χ1v) is 13.1. The minimum atomic E-state index is -0.978. The monoisotopic (exact) mass is 485 g/mol. The normalized spacial score (nSPS) is 31.0. The maximum atomic E-state index is 13.8. The molecule has 0 aromatic heterocycles. The van der Waals surface area contributed by atoms with Gasteiger partial charge in [0.15, 0.2) is 0 Å². The molecule has 1 aromatic carbocycles. The Hall–Kier alpha value is -2.45. The molecule has 3 heterocycles. The van der Waals surface area contributed by atoms with Gasteiger partial charge in [-0.25, -0.2) is 0 Å². The van der Waals surface area contributed by atoms with E-state index in [4.69, 9.17) is 9.84 Å². The number of fused-ring (bicyclic) bond motifs is 1. The van der Waals surface area contributed by atoms with E-state index in [1.54, 1.807) is 4.90 Å². The fourth-order valence-corrected chi connectivity index (χ4v) is 6.32. The van der Waals surface area contributed by atoms with E-state index in [0.29, 0.717) is 45.3 Å². The zero-order valence-corrected chi connectivity index (χ0v) is 20.9. The third-order valence-electron chi connectivity index (χ3n) is 8.00. The first kappa shape index (κ1) is 25.6. The maximum absolute atomic E-state index is 13.8. The second-order valence-corrected chi connectivity index (χ2v) is 10.4. The lowest BCUT2D eigenvalue weighted by atomic mass is 9.66. The highest BCUT2D eigenvalue weighted by molar-refractivity contribution is 5.99. The van der Waals surface area contributed by atoms with Crippen molar-refractivity contribution < 1.29 is 24.2 Å². The van der Waals surface area contributed by atoms with E-state index >= 15 is 0 Å². The van der Waals surface area contributed by atoms with Gasteiger partial charge >= 0.3 is 0 Å². The van der Waals surface area contributed by atoms with Gasteiger partial charge in [-0.1, -0.05) is 43.7 Å². The maximum Gasteiger partial charge on any atom is 0.245 e. The van der Waals surface area contributed by atoms with Gasteiger partial charge in [0.25, 0.3) is 0 Å². The summed E-state index contributed by atoms with van der Waals surface area (Å²) in [5.74, 6) is -1.85. The molecule has 3 N–H and O–H groups in total. The summed E-state index contributed by atoms with van der Waals surface area (Å²) in [4.78, 5) is 42.5. The molecule has 2 bridgehead atoms. The summed E-state index contributed by atoms with van der Waals surface area (Å²) in [6.45, 7) is 5.43. The Labute approximate surface area is 207 Å². The second kappa shape index (κ2) is 10.7. The highest BCUT2D eigenvalue weighted by Crippen LogP contribution is 2.63. The summed E-state index contributed by atoms with van der Waals surface area (Å²) < 4.78 is 6.60. The molecule has 192 valence electrons. The molecule has 35 heavy (non-hydrogen) atoms. The number of ether oxygens (including phenoxy) is 1. The number of aliphatic hydroxyl groups is 1. The van der Waals surface area contributed by atoms with Crippen LogP contribution in [0.1, 0.15) is 64.4 Å². The average molecular weight is 486 g/mol. The first-order valence-electron chi connectivity index (χ1n) is 13.1. The molecular weight excluding hydrogens is 446 g/mol. The van der Waals surface area contributed by atoms with Crippen molar-refractivity contribution in [3.63, 3.8) is 0 Å². The zero-order chi connectivity index (χ0) is 25.1. The largest absolute Gasteiger partial charge is 0.396 e. The second-order valence-electron chi connectivity index (χ2n) is 10.4. The van der Waals surface area contributed by atoms with Crippen molar-refractivity contribution in [1.29, 1.82) is 0 Å². The molecule has 8 nitrogen and oxygen atoms in total. The molecule has 3 aliphatic rings. The number of carbonyl (C=O) groups is 3. The van der Waals surface area contributed by atoms with Crippen LogP contribution in [-0.2, 0) is 25.7 Å². The van der Waals surface area contributed by atoms with Crippen LogP contribution in [0.4, 0.5) is 0 Å². The lowest BCUT2D eigenvalue weighted by molar-refractivity contribution is -0.146. The summed E-state index contributed by atoms with van der Waals surface area (Å²) in [5, 5.41) is 15.2. The number of rotatable bonds is 12. The number of amides is 3. The highest BCUT2D eigenvalue weighted by atomic mass is 16.5. The molecule has 0 aliphatic carbocycles. The number of hydrogen-bond acceptors (Lipinski definition) is 5. The fraction of sp³-hybridized carbons (Fsp3) is 0.667. The Bertz CT molecular complexity index is 925. The summed E-state index contributed by atoms with van der Waals surface area (Å²) in [6.07, 6.45) is 5.16. The average Bonchev–Trinajstić information content (AvgIpc) is 3.42. The Morgan fingerprint density at radius 2 is 1.86 bits per heavy atom. The van der Waals surface area contributed by atoms with Crippen molar-refractivity contribution in [2.45, 2.75) is 82.6 Å². The van der Waals surface area contributed by atoms with E-state index in [1.165, 1.54) is 0 Å². The molecule has 4 rings (SSSR count). The molecule has 1 aromatic rings. The van der Waals surface area contributed by atoms with Gasteiger partial charge in [0.1, 0.15) is 11.6 Å². The van der Waals surface area contributed by atoms with E-state index in [9.17, 15) is 14.4 Å². The number of aliphatic hydroxyl groups excluding tert-OH is 1. The van der Waals surface area contributed by atoms with Gasteiger partial charge in [0.2, 0.25) is 17.7 Å². The minimum Gasteiger partial charge on any atom is -0.396 e. The van der Waals surface area contributed by atoms with Crippen LogP contribution in [0.5, 0.6) is 0 Å². The molecule has 0 radical (unpaired) electrons. The third kappa shape index (κ3) is 4.70. The zero-order valence-electron chi connectivity index (χ0n) is 20.9. The molecule has 3 aliphatic heterocycles. The van der Waals surface area contributed by atoms with Gasteiger partial charge in [-0.05, 0) is 51.0 Å². The topological polar surface area (TPSA) is 108 Å². The number of hydrogen-bond donors (Lipinski definition) is 3. The minimum absolute atomic E-state index is 0.104. The summed E-state index contributed by atoms with van der Waals surface area (Å²) in [5.41, 5.74) is -0.763. The smallest absolute Gasteiger partial charge is 0.245 e. The van der Waals surface area contributed by atoms with Gasteiger partial charge in [-0.2, -0.15) is 0 Å². The van der Waals surface area contributed by atoms with Gasteiger partial charge in [0.05, 0.1) is 17.4 Å². The molecular formula is C27H39N3O5. The molecule has 1 spiro atoms. The molecule has 0 saturated carbocycles. The number of likely N-dealkylation sites (tertiary alicyclic amines) is 1. The molecule has 2 unspecified atom stereocenters. The van der Waals surface area contributed by atoms with E-state index in [1.807, 2.05) is 37.3 Å². The van der Waals surface area contributed by atoms with Crippen molar-refractivity contribution in [3.05, 3.63) is 35.9 Å². The predicted molar refractivity (Wildman–Crippen MR) is 131 cm³/mol. The quantitative estimate of drug-likeness (QED) is 0.393. The Morgan fingerprint density at radius 3 is 2.57 bits per heavy atom. The van der Waals surface area contributed by atoms with Crippen LogP contribution < -0.4 is 10.6 Å². The Kier molecular flexibility index (Phi) is 7.81. The standard InChI is InChI=1S/C27H39N3O5/c1-3-4-15-28-24(33)22-27-14-13-26(2,35-27)20(23(32)29-18-19-11-7-5-8-12-19)21(27)25(34)30(22)16-9-6-10-17-31/h5,7-8,11-12,20-22,31H,3-4,6,9-10,13-18H2,1-2H3,(H,28,33)(H,29,32)/t20-,21+,22?,26+,27?/m1/s1. The lowest BCUT2D eigenvalue weighted by Gasteiger charge is -2.33. The van der Waals surface area contributed by atoms with Gasteiger partial charge in [-0.3, -0.25) is 14.4 Å². The van der Waals surface area contributed by atoms with Crippen LogP contribution in [0.2, 0.25) is 0 Å². The van der Waals surface area contributed by atoms with Crippen LogP contribution in [-0.4, -0.2) is 64.7 Å². The van der Waals surface area contributed by atoms with Gasteiger partial charge in [0, 0.05) is 26.2 Å². The fourth-order valence-electron chi connectivity index (χ4n) is 6.32. The van der Waals surface area contributed by atoms with Crippen molar-refractivity contribution in [2.75, 3.05) is 19.7 Å². The number of carbonyl (C=O) groups excluding carboxylic acids is 3. The Morgan fingerprint density at radius 1 is 1.09 bits per heavy atom. The SMILES string of the molecule is CCCCNC(=O)C1N(CCCCCO)C(=O)[C@@H]2[C@H](C(=O)NCc3ccccc3)[C@]3(C)CCC12O3. The number of unbranched alkanes of at least 4 members (excludes halogenated alkanes) is 3. The van der Waals surface area contributed by atoms with Crippen LogP contribution in [0.25, 0.3) is 0 Å². The molecule has 3 amide bonds. The van der Waals surface area contributed by atoms with E-state index in [-0.39, 0.29) is 24.3 Å². The van der Waals surface area contributed by atoms with Gasteiger partial charge in [-0.15, -0.1) is 0 Å². The molecule has 3 fully saturated rings. The van der Waals surface area contributed by atoms with Crippen LogP contribution in [0.15, 0.2) is 30.3 Å². The number of benzene rings is 1. The van der Waals surface area contributed by atoms with Crippen molar-refractivity contribution in [2.24, 2.45) is 11.8 Å². The summed E-state index contributed by atoms with van der Waals surface area (Å²) in [7, 11) is 0. The number of nitrogens with one attached hydrogen (secondary N) is 2. The van der Waals surface area contributed by atoms with Crippen molar-refractivity contribution >= 4 is 17.7 Å². The molecule has 5 atom stereocenters. The van der Waals surface area contributed by atoms with Crippen LogP contribution in [0.3, 0.4) is 0 Å². The van der Waals surface area contributed by atoms with Crippen LogP contribution in [0, 0.1) is 11.8 Å². The predicted octanol–water partition coefficient (Wildman–Crippen LogP) is 2.15. The summed E-state index contributed by atoms with van der Waals surface area (Å²) >= 11 is 0. The van der Waals surface area contributed by atoms with E-state index in [0.717, 1.165) is 24.8 Å². The lowest BCUT2D eigenvalue weighted by Crippen LogP contribution is -2.55. The van der Waals surface area contributed by atoms with Crippen LogP contribution >= 0.6 is 0 Å². The van der Waals surface area contributed by atoms with E-state index < -0.39 is 29.1 Å². The molecule has 8 heteroatoms. The summed E-state index contributed by atoms with van der Waals surface area (Å²) in [6, 6.07) is 8.95. The highest BCUT2D eigenvalue weighted by Gasteiger charge is 2.77. The van der Waals surface area contributed by atoms with Crippen molar-refractivity contribution in [3.8, 4) is 0 Å². The third-order valence-corrected chi connectivity index (χ3v) is 8.00. The van der Waals surface area contributed by atoms with E-state index in [2.05, 4.69) is 17.6 Å². The first-order chi connectivity index (χ1) is 16.9. The number of nitrogens with zero attached hydrogens (tertiary/aromatic N) is 1.